The fourth-order valence-electron chi connectivity index (χ4n) is 1.07. The summed E-state index contributed by atoms with van der Waals surface area (Å²) in [5.41, 5.74) is 4.78. The van der Waals surface area contributed by atoms with Crippen LogP contribution >= 0.6 is 11.8 Å². The van der Waals surface area contributed by atoms with Gasteiger partial charge in [0.25, 0.3) is 0 Å². The molecule has 0 radical (unpaired) electrons. The minimum atomic E-state index is -0.551. The predicted octanol–water partition coefficient (Wildman–Crippen LogP) is 1.62. The van der Waals surface area contributed by atoms with Crippen molar-refractivity contribution in [1.29, 1.82) is 0 Å². The fourth-order valence-corrected chi connectivity index (χ4v) is 2.46. The molecule has 0 aromatic carbocycles. The quantitative estimate of drug-likeness (QED) is 0.625. The highest BCUT2D eigenvalue weighted by atomic mass is 32.2. The van der Waals surface area contributed by atoms with Crippen molar-refractivity contribution in [2.24, 2.45) is 11.7 Å². The van der Waals surface area contributed by atoms with Crippen LogP contribution in [0.5, 0.6) is 0 Å². The minimum Gasteiger partial charge on any atom is -0.368 e. The number of amides is 1. The molecule has 3 nitrogen and oxygen atoms in total. The Morgan fingerprint density at radius 3 is 2.47 bits per heavy atom. The van der Waals surface area contributed by atoms with Crippen LogP contribution in [0.25, 0.3) is 0 Å². The van der Waals surface area contributed by atoms with Crippen molar-refractivity contribution in [3.05, 3.63) is 0 Å². The molecule has 0 aromatic heterocycles. The second-order valence-electron chi connectivity index (χ2n) is 4.49. The Hall–Kier alpha value is -0.220. The smallest absolute Gasteiger partial charge is 0.237 e. The summed E-state index contributed by atoms with van der Waals surface area (Å²) in [7, 11) is 1.78. The Labute approximate surface area is 97.6 Å². The number of carbonyl (C=O) groups is 1. The van der Waals surface area contributed by atoms with Gasteiger partial charge in [-0.05, 0) is 44.2 Å². The van der Waals surface area contributed by atoms with Gasteiger partial charge >= 0.3 is 0 Å². The Morgan fingerprint density at radius 2 is 2.07 bits per heavy atom. The molecule has 0 aromatic rings. The van der Waals surface area contributed by atoms with Gasteiger partial charge in [-0.1, -0.05) is 13.8 Å². The molecule has 4 heteroatoms. The highest BCUT2D eigenvalue weighted by Crippen LogP contribution is 2.15. The molecule has 1 atom stereocenters. The van der Waals surface area contributed by atoms with Gasteiger partial charge in [-0.15, -0.1) is 0 Å². The third-order valence-corrected chi connectivity index (χ3v) is 3.70. The van der Waals surface area contributed by atoms with E-state index in [9.17, 15) is 4.79 Å². The molecule has 0 rings (SSSR count). The second-order valence-corrected chi connectivity index (χ2v) is 5.72. The molecular weight excluding hydrogens is 208 g/mol. The lowest BCUT2D eigenvalue weighted by Crippen LogP contribution is -2.51. The Balaban J connectivity index is 3.69. The lowest BCUT2D eigenvalue weighted by molar-refractivity contribution is -0.123. The highest BCUT2D eigenvalue weighted by Gasteiger charge is 2.27. The van der Waals surface area contributed by atoms with E-state index in [1.807, 2.05) is 18.7 Å². The van der Waals surface area contributed by atoms with E-state index in [0.29, 0.717) is 0 Å². The molecule has 0 bridgehead atoms. The lowest BCUT2D eigenvalue weighted by atomic mass is 9.99. The van der Waals surface area contributed by atoms with Crippen molar-refractivity contribution >= 4 is 17.7 Å². The number of likely N-dealkylation sites (N-methyl/N-ethyl adjacent to an activating group) is 1. The van der Waals surface area contributed by atoms with Gasteiger partial charge in [0.1, 0.15) is 0 Å². The number of primary amides is 1. The highest BCUT2D eigenvalue weighted by molar-refractivity contribution is 7.99. The van der Waals surface area contributed by atoms with Crippen LogP contribution in [0, 0.1) is 5.92 Å². The first kappa shape index (κ1) is 14.8. The summed E-state index contributed by atoms with van der Waals surface area (Å²) in [5, 5.41) is 2.99. The SMILES string of the molecule is CNC(C)(CCSCCC(C)C)C(N)=O. The Bertz CT molecular complexity index is 197. The molecule has 0 saturated carbocycles. The van der Waals surface area contributed by atoms with Crippen LogP contribution < -0.4 is 11.1 Å². The van der Waals surface area contributed by atoms with E-state index in [2.05, 4.69) is 19.2 Å². The topological polar surface area (TPSA) is 55.1 Å². The van der Waals surface area contributed by atoms with Crippen LogP contribution in [0.3, 0.4) is 0 Å². The van der Waals surface area contributed by atoms with Crippen molar-refractivity contribution in [1.82, 2.24) is 5.32 Å². The molecular formula is C11H24N2OS. The molecule has 0 heterocycles. The number of thioether (sulfide) groups is 1. The number of rotatable bonds is 8. The first-order valence-corrected chi connectivity index (χ1v) is 6.64. The zero-order chi connectivity index (χ0) is 11.9. The van der Waals surface area contributed by atoms with E-state index in [1.165, 1.54) is 6.42 Å². The average molecular weight is 232 g/mol. The molecule has 0 spiro atoms. The first-order valence-electron chi connectivity index (χ1n) is 5.49. The van der Waals surface area contributed by atoms with E-state index < -0.39 is 5.54 Å². The second kappa shape index (κ2) is 7.12. The van der Waals surface area contributed by atoms with Crippen LogP contribution in [0.2, 0.25) is 0 Å². The third-order valence-electron chi connectivity index (χ3n) is 2.68. The molecule has 0 saturated heterocycles. The molecule has 0 fully saturated rings. The summed E-state index contributed by atoms with van der Waals surface area (Å²) >= 11 is 1.89. The van der Waals surface area contributed by atoms with Crippen molar-refractivity contribution in [3.63, 3.8) is 0 Å². The normalized spacial score (nSPS) is 15.3. The van der Waals surface area contributed by atoms with Crippen LogP contribution in [0.1, 0.15) is 33.6 Å². The monoisotopic (exact) mass is 232 g/mol. The van der Waals surface area contributed by atoms with E-state index in [1.54, 1.807) is 7.05 Å². The number of nitrogens with two attached hydrogens (primary N) is 1. The zero-order valence-electron chi connectivity index (χ0n) is 10.3. The molecule has 1 amide bonds. The summed E-state index contributed by atoms with van der Waals surface area (Å²) in [6.45, 7) is 6.31. The van der Waals surface area contributed by atoms with Gasteiger partial charge in [0, 0.05) is 0 Å². The van der Waals surface area contributed by atoms with Crippen molar-refractivity contribution in [2.75, 3.05) is 18.6 Å². The number of hydrogen-bond acceptors (Lipinski definition) is 3. The molecule has 0 aliphatic rings. The van der Waals surface area contributed by atoms with Crippen LogP contribution in [0.4, 0.5) is 0 Å². The number of carbonyl (C=O) groups excluding carboxylic acids is 1. The number of hydrogen-bond donors (Lipinski definition) is 2. The van der Waals surface area contributed by atoms with Crippen LogP contribution in [-0.4, -0.2) is 30.0 Å². The maximum Gasteiger partial charge on any atom is 0.237 e. The molecule has 90 valence electrons. The van der Waals surface area contributed by atoms with Crippen molar-refractivity contribution < 1.29 is 4.79 Å². The number of nitrogens with one attached hydrogen (secondary N) is 1. The van der Waals surface area contributed by atoms with E-state index in [0.717, 1.165) is 23.8 Å². The third kappa shape index (κ3) is 6.05. The average Bonchev–Trinajstić information content (AvgIpc) is 2.16. The standard InChI is InChI=1S/C11H24N2OS/c1-9(2)5-7-15-8-6-11(3,13-4)10(12)14/h9,13H,5-8H2,1-4H3,(H2,12,14). The van der Waals surface area contributed by atoms with Crippen LogP contribution in [0.15, 0.2) is 0 Å². The van der Waals surface area contributed by atoms with E-state index in [-0.39, 0.29) is 5.91 Å². The van der Waals surface area contributed by atoms with Gasteiger partial charge in [-0.3, -0.25) is 4.79 Å². The van der Waals surface area contributed by atoms with E-state index in [4.69, 9.17) is 5.73 Å². The maximum absolute atomic E-state index is 11.2. The zero-order valence-corrected chi connectivity index (χ0v) is 11.1. The minimum absolute atomic E-state index is 0.269. The molecule has 15 heavy (non-hydrogen) atoms. The molecule has 3 N–H and O–H groups in total. The summed E-state index contributed by atoms with van der Waals surface area (Å²) in [4.78, 5) is 11.2. The Morgan fingerprint density at radius 1 is 1.47 bits per heavy atom. The fraction of sp³-hybridized carbons (Fsp3) is 0.909. The Kier molecular flexibility index (Phi) is 7.02. The van der Waals surface area contributed by atoms with E-state index >= 15 is 0 Å². The first-order chi connectivity index (χ1) is 6.92. The summed E-state index contributed by atoms with van der Waals surface area (Å²) in [6.07, 6.45) is 2.03. The molecule has 0 aliphatic heterocycles. The van der Waals surface area contributed by atoms with Gasteiger partial charge in [-0.25, -0.2) is 0 Å². The van der Waals surface area contributed by atoms with Gasteiger partial charge < -0.3 is 11.1 Å². The van der Waals surface area contributed by atoms with Gasteiger partial charge in [0.2, 0.25) is 5.91 Å². The lowest BCUT2D eigenvalue weighted by Gasteiger charge is -2.25. The maximum atomic E-state index is 11.2. The molecule has 1 unspecified atom stereocenters. The van der Waals surface area contributed by atoms with Crippen molar-refractivity contribution in [3.8, 4) is 0 Å². The van der Waals surface area contributed by atoms with Crippen LogP contribution in [-0.2, 0) is 4.79 Å². The van der Waals surface area contributed by atoms with Gasteiger partial charge in [0.15, 0.2) is 0 Å². The van der Waals surface area contributed by atoms with Crippen molar-refractivity contribution in [2.45, 2.75) is 39.2 Å². The summed E-state index contributed by atoms with van der Waals surface area (Å²) < 4.78 is 0. The largest absolute Gasteiger partial charge is 0.368 e. The van der Waals surface area contributed by atoms with Gasteiger partial charge in [-0.2, -0.15) is 11.8 Å². The summed E-state index contributed by atoms with van der Waals surface area (Å²) in [6, 6.07) is 0. The summed E-state index contributed by atoms with van der Waals surface area (Å²) in [5.74, 6) is 2.63. The predicted molar refractivity (Wildman–Crippen MR) is 68.1 cm³/mol. The molecule has 0 aliphatic carbocycles. The van der Waals surface area contributed by atoms with Gasteiger partial charge in [0.05, 0.1) is 5.54 Å².